The number of anilines is 2. The lowest BCUT2D eigenvalue weighted by atomic mass is 10.0. The van der Waals surface area contributed by atoms with Crippen molar-refractivity contribution in [3.63, 3.8) is 0 Å². The number of thiazole rings is 1. The second-order valence-electron chi connectivity index (χ2n) is 6.66. The Bertz CT molecular complexity index is 1150. The Morgan fingerprint density at radius 1 is 1.07 bits per heavy atom. The highest BCUT2D eigenvalue weighted by molar-refractivity contribution is 7.92. The van der Waals surface area contributed by atoms with Crippen LogP contribution in [-0.4, -0.2) is 19.3 Å². The number of hydrogen-bond acceptors (Lipinski definition) is 5. The fourth-order valence-corrected chi connectivity index (χ4v) is 5.54. The van der Waals surface area contributed by atoms with Gasteiger partial charge in [0, 0.05) is 10.4 Å². The Hall–Kier alpha value is -2.42. The molecular formula is C20H18ClN3O3S2. The smallest absolute Gasteiger partial charge is 0.261 e. The van der Waals surface area contributed by atoms with Crippen LogP contribution in [0, 0.1) is 0 Å². The number of amides is 1. The molecule has 2 N–H and O–H groups in total. The van der Waals surface area contributed by atoms with Crippen molar-refractivity contribution in [1.29, 1.82) is 0 Å². The molecule has 1 aliphatic rings. The zero-order valence-corrected chi connectivity index (χ0v) is 17.7. The lowest BCUT2D eigenvalue weighted by Gasteiger charge is -2.10. The van der Waals surface area contributed by atoms with E-state index in [9.17, 15) is 13.2 Å². The molecule has 0 aliphatic heterocycles. The molecule has 0 atom stereocenters. The standard InChI is InChI=1S/C20H18ClN3O3S2/c21-15-8-1-2-9-16(15)24-29(26,27)14-7-5-6-13(12-14)19(25)23-20-22-17-10-3-4-11-18(17)28-20/h1-2,5-9,12,24H,3-4,10-11H2,(H,22,23,25). The number of para-hydroxylation sites is 1. The summed E-state index contributed by atoms with van der Waals surface area (Å²) in [4.78, 5) is 18.3. The van der Waals surface area contributed by atoms with Crippen LogP contribution in [0.4, 0.5) is 10.8 Å². The maximum Gasteiger partial charge on any atom is 0.261 e. The van der Waals surface area contributed by atoms with Crippen LogP contribution in [0.15, 0.2) is 53.4 Å². The van der Waals surface area contributed by atoms with E-state index >= 15 is 0 Å². The van der Waals surface area contributed by atoms with Crippen molar-refractivity contribution >= 4 is 49.7 Å². The Morgan fingerprint density at radius 3 is 2.66 bits per heavy atom. The van der Waals surface area contributed by atoms with Crippen LogP contribution in [0.1, 0.15) is 33.8 Å². The van der Waals surface area contributed by atoms with E-state index in [0.717, 1.165) is 31.4 Å². The molecule has 3 aromatic rings. The number of hydrogen-bond donors (Lipinski definition) is 2. The minimum Gasteiger partial charge on any atom is -0.298 e. The summed E-state index contributed by atoms with van der Waals surface area (Å²) in [6, 6.07) is 12.4. The zero-order chi connectivity index (χ0) is 20.4. The molecule has 2 aromatic carbocycles. The first-order chi connectivity index (χ1) is 13.9. The van der Waals surface area contributed by atoms with Gasteiger partial charge >= 0.3 is 0 Å². The van der Waals surface area contributed by atoms with Gasteiger partial charge in [0.05, 0.1) is 21.3 Å². The van der Waals surface area contributed by atoms with Crippen molar-refractivity contribution in [2.75, 3.05) is 10.0 Å². The number of sulfonamides is 1. The van der Waals surface area contributed by atoms with Gasteiger partial charge in [0.1, 0.15) is 0 Å². The minimum absolute atomic E-state index is 0.0245. The number of nitrogens with one attached hydrogen (secondary N) is 2. The molecule has 29 heavy (non-hydrogen) atoms. The van der Waals surface area contributed by atoms with Crippen LogP contribution >= 0.6 is 22.9 Å². The number of aryl methyl sites for hydroxylation is 2. The van der Waals surface area contributed by atoms with E-state index in [1.165, 1.54) is 34.4 Å². The van der Waals surface area contributed by atoms with Crippen LogP contribution in [0.2, 0.25) is 5.02 Å². The molecule has 1 aromatic heterocycles. The number of fused-ring (bicyclic) bond motifs is 1. The number of aromatic nitrogens is 1. The molecule has 6 nitrogen and oxygen atoms in total. The lowest BCUT2D eigenvalue weighted by Crippen LogP contribution is -2.16. The molecule has 0 saturated carbocycles. The fourth-order valence-electron chi connectivity index (χ4n) is 3.13. The monoisotopic (exact) mass is 447 g/mol. The molecule has 9 heteroatoms. The summed E-state index contributed by atoms with van der Waals surface area (Å²) in [5.41, 5.74) is 1.56. The highest BCUT2D eigenvalue weighted by Gasteiger charge is 2.20. The van der Waals surface area contributed by atoms with Gasteiger partial charge < -0.3 is 0 Å². The summed E-state index contributed by atoms with van der Waals surface area (Å²) in [5.74, 6) is -0.397. The van der Waals surface area contributed by atoms with Crippen molar-refractivity contribution in [2.24, 2.45) is 0 Å². The summed E-state index contributed by atoms with van der Waals surface area (Å²) >= 11 is 7.52. The number of nitrogens with zero attached hydrogens (tertiary/aromatic N) is 1. The highest BCUT2D eigenvalue weighted by Crippen LogP contribution is 2.30. The third kappa shape index (κ3) is 4.44. The van der Waals surface area contributed by atoms with Crippen LogP contribution in [0.3, 0.4) is 0 Å². The van der Waals surface area contributed by atoms with E-state index in [4.69, 9.17) is 11.6 Å². The van der Waals surface area contributed by atoms with Crippen molar-refractivity contribution in [1.82, 2.24) is 4.98 Å². The molecule has 1 amide bonds. The maximum absolute atomic E-state index is 12.7. The predicted octanol–water partition coefficient (Wildman–Crippen LogP) is 4.73. The molecule has 0 spiro atoms. The largest absolute Gasteiger partial charge is 0.298 e. The summed E-state index contributed by atoms with van der Waals surface area (Å²) < 4.78 is 27.9. The first kappa shape index (κ1) is 19.9. The average Bonchev–Trinajstić information content (AvgIpc) is 3.12. The number of benzene rings is 2. The van der Waals surface area contributed by atoms with E-state index < -0.39 is 15.9 Å². The molecule has 0 radical (unpaired) electrons. The van der Waals surface area contributed by atoms with Crippen LogP contribution in [0.5, 0.6) is 0 Å². The molecule has 1 heterocycles. The van der Waals surface area contributed by atoms with Crippen molar-refractivity contribution < 1.29 is 13.2 Å². The first-order valence-corrected chi connectivity index (χ1v) is 11.8. The average molecular weight is 448 g/mol. The van der Waals surface area contributed by atoms with Crippen LogP contribution < -0.4 is 10.0 Å². The summed E-state index contributed by atoms with van der Waals surface area (Å²) in [6.07, 6.45) is 4.18. The van der Waals surface area contributed by atoms with Gasteiger partial charge in [-0.05, 0) is 56.0 Å². The van der Waals surface area contributed by atoms with Gasteiger partial charge in [-0.25, -0.2) is 13.4 Å². The third-order valence-electron chi connectivity index (χ3n) is 4.59. The molecular weight excluding hydrogens is 430 g/mol. The predicted molar refractivity (Wildman–Crippen MR) is 115 cm³/mol. The van der Waals surface area contributed by atoms with E-state index in [1.54, 1.807) is 30.3 Å². The van der Waals surface area contributed by atoms with Gasteiger partial charge in [-0.15, -0.1) is 11.3 Å². The Kier molecular flexibility index (Phi) is 5.58. The van der Waals surface area contributed by atoms with Crippen molar-refractivity contribution in [2.45, 2.75) is 30.6 Å². The topological polar surface area (TPSA) is 88.2 Å². The normalized spacial score (nSPS) is 13.6. The molecule has 1 aliphatic carbocycles. The van der Waals surface area contributed by atoms with Gasteiger partial charge in [0.25, 0.3) is 15.9 Å². The van der Waals surface area contributed by atoms with Crippen LogP contribution in [-0.2, 0) is 22.9 Å². The molecule has 0 fully saturated rings. The Labute approximate surface area is 178 Å². The van der Waals surface area contributed by atoms with Crippen molar-refractivity contribution in [3.8, 4) is 0 Å². The Balaban J connectivity index is 1.54. The van der Waals surface area contributed by atoms with E-state index in [1.807, 2.05) is 0 Å². The number of carbonyl (C=O) groups excluding carboxylic acids is 1. The first-order valence-electron chi connectivity index (χ1n) is 9.10. The van der Waals surface area contributed by atoms with E-state index in [2.05, 4.69) is 15.0 Å². The highest BCUT2D eigenvalue weighted by atomic mass is 35.5. The van der Waals surface area contributed by atoms with Crippen molar-refractivity contribution in [3.05, 3.63) is 69.7 Å². The van der Waals surface area contributed by atoms with E-state index in [-0.39, 0.29) is 21.2 Å². The van der Waals surface area contributed by atoms with Gasteiger partial charge in [-0.3, -0.25) is 14.8 Å². The Morgan fingerprint density at radius 2 is 1.86 bits per heavy atom. The zero-order valence-electron chi connectivity index (χ0n) is 15.3. The summed E-state index contributed by atoms with van der Waals surface area (Å²) in [7, 11) is -3.89. The van der Waals surface area contributed by atoms with Gasteiger partial charge in [0.15, 0.2) is 5.13 Å². The lowest BCUT2D eigenvalue weighted by molar-refractivity contribution is 0.102. The second kappa shape index (κ2) is 8.14. The fraction of sp³-hybridized carbons (Fsp3) is 0.200. The molecule has 0 unspecified atom stereocenters. The number of carbonyl (C=O) groups is 1. The quantitative estimate of drug-likeness (QED) is 0.591. The summed E-state index contributed by atoms with van der Waals surface area (Å²) in [5, 5.41) is 3.62. The number of halogens is 1. The van der Waals surface area contributed by atoms with Gasteiger partial charge in [0.2, 0.25) is 0 Å². The minimum atomic E-state index is -3.89. The van der Waals surface area contributed by atoms with Gasteiger partial charge in [-0.1, -0.05) is 29.8 Å². The molecule has 4 rings (SSSR count). The van der Waals surface area contributed by atoms with Gasteiger partial charge in [-0.2, -0.15) is 0 Å². The molecule has 150 valence electrons. The third-order valence-corrected chi connectivity index (χ3v) is 7.36. The van der Waals surface area contributed by atoms with E-state index in [0.29, 0.717) is 5.13 Å². The number of rotatable bonds is 5. The molecule has 0 bridgehead atoms. The maximum atomic E-state index is 12.7. The second-order valence-corrected chi connectivity index (χ2v) is 9.84. The van der Waals surface area contributed by atoms with Crippen LogP contribution in [0.25, 0.3) is 0 Å². The summed E-state index contributed by atoms with van der Waals surface area (Å²) in [6.45, 7) is 0. The molecule has 0 saturated heterocycles. The SMILES string of the molecule is O=C(Nc1nc2c(s1)CCCC2)c1cccc(S(=O)(=O)Nc2ccccc2Cl)c1.